The number of aromatic hydroxyl groups is 1. The molecule has 0 atom stereocenters. The van der Waals surface area contributed by atoms with Crippen molar-refractivity contribution in [1.82, 2.24) is 0 Å². The average Bonchev–Trinajstić information content (AvgIpc) is 3.16. The second-order valence-electron chi connectivity index (χ2n) is 7.48. The normalized spacial score (nSPS) is 14.3. The molecule has 1 aliphatic rings. The van der Waals surface area contributed by atoms with E-state index in [1.54, 1.807) is 43.3 Å². The van der Waals surface area contributed by atoms with E-state index >= 15 is 0 Å². The molecule has 7 nitrogen and oxygen atoms in total. The number of esters is 1. The lowest BCUT2D eigenvalue weighted by Crippen LogP contribution is -2.25. The zero-order valence-electron chi connectivity index (χ0n) is 18.3. The van der Waals surface area contributed by atoms with E-state index in [0.29, 0.717) is 28.1 Å². The number of carboxylic acids is 1. The number of carbonyl (C=O) groups excluding carboxylic acids is 2. The molecular formula is C27H21NO6. The first-order chi connectivity index (χ1) is 16.4. The third-order valence-corrected chi connectivity index (χ3v) is 5.27. The van der Waals surface area contributed by atoms with Crippen molar-refractivity contribution >= 4 is 35.3 Å². The van der Waals surface area contributed by atoms with Crippen LogP contribution in [0.2, 0.25) is 0 Å². The molecule has 0 aliphatic carbocycles. The van der Waals surface area contributed by atoms with Crippen LogP contribution in [0.1, 0.15) is 38.8 Å². The van der Waals surface area contributed by atoms with Gasteiger partial charge in [0.15, 0.2) is 0 Å². The number of carbonyl (C=O) groups is 3. The third kappa shape index (κ3) is 4.45. The van der Waals surface area contributed by atoms with Gasteiger partial charge in [-0.15, -0.1) is 0 Å². The predicted molar refractivity (Wildman–Crippen MR) is 127 cm³/mol. The fourth-order valence-corrected chi connectivity index (χ4v) is 3.64. The number of aromatic carboxylic acids is 1. The van der Waals surface area contributed by atoms with Gasteiger partial charge in [0.2, 0.25) is 0 Å². The summed E-state index contributed by atoms with van der Waals surface area (Å²) in [7, 11) is 0. The number of carboxylic acid groups (broad SMARTS) is 1. The maximum absolute atomic E-state index is 13.4. The molecule has 0 spiro atoms. The predicted octanol–water partition coefficient (Wildman–Crippen LogP) is 4.74. The summed E-state index contributed by atoms with van der Waals surface area (Å²) in [5.74, 6) is -2.45. The Bertz CT molecular complexity index is 1320. The van der Waals surface area contributed by atoms with Gasteiger partial charge in [0.05, 0.1) is 23.6 Å². The van der Waals surface area contributed by atoms with Gasteiger partial charge in [0.1, 0.15) is 11.3 Å². The highest BCUT2D eigenvalue weighted by Gasteiger charge is 2.31. The SMILES string of the molecule is CCOC(=O)c1ccc(/C=C2/C=C(c3ccccc3)N(c3ccc(O)c(C(=O)O)c3)C2=O)cc1. The first-order valence-electron chi connectivity index (χ1n) is 10.6. The van der Waals surface area contributed by atoms with Crippen molar-refractivity contribution in [2.75, 3.05) is 11.5 Å². The summed E-state index contributed by atoms with van der Waals surface area (Å²) in [6.07, 6.45) is 3.42. The van der Waals surface area contributed by atoms with Crippen molar-refractivity contribution < 1.29 is 29.3 Å². The van der Waals surface area contributed by atoms with Crippen LogP contribution in [-0.4, -0.2) is 34.7 Å². The highest BCUT2D eigenvalue weighted by atomic mass is 16.5. The minimum atomic E-state index is -1.30. The van der Waals surface area contributed by atoms with Crippen molar-refractivity contribution in [2.24, 2.45) is 0 Å². The Balaban J connectivity index is 1.75. The molecule has 1 heterocycles. The molecule has 0 saturated carbocycles. The first-order valence-corrected chi connectivity index (χ1v) is 10.6. The summed E-state index contributed by atoms with van der Waals surface area (Å²) in [6, 6.07) is 19.9. The van der Waals surface area contributed by atoms with Crippen LogP contribution in [0.4, 0.5) is 5.69 Å². The van der Waals surface area contributed by atoms with Crippen molar-refractivity contribution in [3.63, 3.8) is 0 Å². The molecule has 2 N–H and O–H groups in total. The molecule has 3 aromatic rings. The minimum absolute atomic E-state index is 0.281. The van der Waals surface area contributed by atoms with Crippen LogP contribution >= 0.6 is 0 Å². The zero-order chi connectivity index (χ0) is 24.2. The van der Waals surface area contributed by atoms with Crippen LogP contribution in [0.25, 0.3) is 11.8 Å². The largest absolute Gasteiger partial charge is 0.507 e. The van der Waals surface area contributed by atoms with E-state index < -0.39 is 11.9 Å². The van der Waals surface area contributed by atoms with Crippen LogP contribution < -0.4 is 4.90 Å². The number of anilines is 1. The molecule has 7 heteroatoms. The van der Waals surface area contributed by atoms with Gasteiger partial charge in [-0.05, 0) is 60.5 Å². The van der Waals surface area contributed by atoms with E-state index in [9.17, 15) is 24.6 Å². The Morgan fingerprint density at radius 2 is 1.71 bits per heavy atom. The number of hydrogen-bond acceptors (Lipinski definition) is 5. The number of benzene rings is 3. The minimum Gasteiger partial charge on any atom is -0.507 e. The lowest BCUT2D eigenvalue weighted by Gasteiger charge is -2.21. The van der Waals surface area contributed by atoms with E-state index in [4.69, 9.17) is 4.74 Å². The van der Waals surface area contributed by atoms with Gasteiger partial charge in [-0.25, -0.2) is 9.59 Å². The second-order valence-corrected chi connectivity index (χ2v) is 7.48. The quantitative estimate of drug-likeness (QED) is 0.411. The van der Waals surface area contributed by atoms with Crippen LogP contribution in [0.5, 0.6) is 5.75 Å². The number of phenols is 1. The molecule has 4 rings (SSSR count). The van der Waals surface area contributed by atoms with Gasteiger partial charge in [0, 0.05) is 5.57 Å². The second kappa shape index (κ2) is 9.46. The van der Waals surface area contributed by atoms with Crippen LogP contribution in [0, 0.1) is 0 Å². The lowest BCUT2D eigenvalue weighted by molar-refractivity contribution is -0.113. The lowest BCUT2D eigenvalue weighted by atomic mass is 10.1. The van der Waals surface area contributed by atoms with E-state index in [2.05, 4.69) is 0 Å². The topological polar surface area (TPSA) is 104 Å². The van der Waals surface area contributed by atoms with Gasteiger partial charge >= 0.3 is 11.9 Å². The van der Waals surface area contributed by atoms with Crippen LogP contribution in [0.3, 0.4) is 0 Å². The summed E-state index contributed by atoms with van der Waals surface area (Å²) in [4.78, 5) is 38.3. The summed E-state index contributed by atoms with van der Waals surface area (Å²) >= 11 is 0. The molecule has 1 amide bonds. The van der Waals surface area contributed by atoms with E-state index in [0.717, 1.165) is 5.56 Å². The number of nitrogens with zero attached hydrogens (tertiary/aromatic N) is 1. The summed E-state index contributed by atoms with van der Waals surface area (Å²) < 4.78 is 5.00. The Morgan fingerprint density at radius 3 is 2.35 bits per heavy atom. The maximum Gasteiger partial charge on any atom is 0.339 e. The fraction of sp³-hybridized carbons (Fsp3) is 0.0741. The molecule has 34 heavy (non-hydrogen) atoms. The molecular weight excluding hydrogens is 434 g/mol. The first kappa shape index (κ1) is 22.5. The Kier molecular flexibility index (Phi) is 6.27. The maximum atomic E-state index is 13.4. The Labute approximate surface area is 195 Å². The van der Waals surface area contributed by atoms with E-state index in [-0.39, 0.29) is 23.8 Å². The summed E-state index contributed by atoms with van der Waals surface area (Å²) in [6.45, 7) is 2.02. The average molecular weight is 455 g/mol. The van der Waals surface area contributed by atoms with Gasteiger partial charge in [-0.1, -0.05) is 42.5 Å². The third-order valence-electron chi connectivity index (χ3n) is 5.27. The van der Waals surface area contributed by atoms with Gasteiger partial charge in [-0.2, -0.15) is 0 Å². The van der Waals surface area contributed by atoms with Crippen molar-refractivity contribution in [1.29, 1.82) is 0 Å². The highest BCUT2D eigenvalue weighted by Crippen LogP contribution is 2.37. The van der Waals surface area contributed by atoms with E-state index in [1.807, 2.05) is 30.3 Å². The number of amides is 1. The smallest absolute Gasteiger partial charge is 0.339 e. The monoisotopic (exact) mass is 455 g/mol. The van der Waals surface area contributed by atoms with Crippen molar-refractivity contribution in [3.8, 4) is 5.75 Å². The molecule has 0 fully saturated rings. The zero-order valence-corrected chi connectivity index (χ0v) is 18.3. The van der Waals surface area contributed by atoms with Gasteiger partial charge in [0.25, 0.3) is 5.91 Å². The van der Waals surface area contributed by atoms with Crippen LogP contribution in [0.15, 0.2) is 84.4 Å². The van der Waals surface area contributed by atoms with Gasteiger partial charge in [-0.3, -0.25) is 9.69 Å². The Hall–Kier alpha value is -4.65. The van der Waals surface area contributed by atoms with Crippen molar-refractivity contribution in [2.45, 2.75) is 6.92 Å². The van der Waals surface area contributed by atoms with Gasteiger partial charge < -0.3 is 14.9 Å². The molecule has 170 valence electrons. The fourth-order valence-electron chi connectivity index (χ4n) is 3.64. The summed E-state index contributed by atoms with van der Waals surface area (Å²) in [5, 5.41) is 19.3. The molecule has 3 aromatic carbocycles. The standard InChI is InChI=1S/C27H21NO6/c1-2-34-27(33)19-10-8-17(9-11-19)14-20-15-23(18-6-4-3-5-7-18)28(25(20)30)21-12-13-24(29)22(16-21)26(31)32/h3-16,29H,2H2,1H3,(H,31,32)/b20-14-. The Morgan fingerprint density at radius 1 is 1.00 bits per heavy atom. The molecule has 0 unspecified atom stereocenters. The summed E-state index contributed by atoms with van der Waals surface area (Å²) in [5.41, 5.74) is 2.85. The molecule has 0 bridgehead atoms. The highest BCUT2D eigenvalue weighted by molar-refractivity contribution is 6.23. The molecule has 0 saturated heterocycles. The van der Waals surface area contributed by atoms with E-state index in [1.165, 1.54) is 23.1 Å². The molecule has 1 aliphatic heterocycles. The molecule has 0 radical (unpaired) electrons. The van der Waals surface area contributed by atoms with Crippen LogP contribution in [-0.2, 0) is 9.53 Å². The number of ether oxygens (including phenoxy) is 1. The number of rotatable bonds is 6. The molecule has 0 aromatic heterocycles. The van der Waals surface area contributed by atoms with Crippen molar-refractivity contribution in [3.05, 3.63) is 107 Å². The number of hydrogen-bond donors (Lipinski definition) is 2.